The van der Waals surface area contributed by atoms with E-state index in [0.717, 1.165) is 26.9 Å². The lowest BCUT2D eigenvalue weighted by molar-refractivity contribution is 0.269. The molecule has 136 valence electrons. The normalized spacial score (nSPS) is 11.0. The molecule has 1 N–H and O–H groups in total. The molecule has 0 aliphatic rings. The number of nitrogens with zero attached hydrogens (tertiary/aromatic N) is 4. The van der Waals surface area contributed by atoms with Crippen LogP contribution in [-0.2, 0) is 6.54 Å². The maximum absolute atomic E-state index is 9.13. The van der Waals surface area contributed by atoms with Gasteiger partial charge in [0.05, 0.1) is 23.7 Å². The highest BCUT2D eigenvalue weighted by Gasteiger charge is 2.16. The highest BCUT2D eigenvalue weighted by Crippen LogP contribution is 2.35. The first-order valence-corrected chi connectivity index (χ1v) is 9.65. The third-order valence-electron chi connectivity index (χ3n) is 3.96. The van der Waals surface area contributed by atoms with Gasteiger partial charge in [-0.1, -0.05) is 41.6 Å². The van der Waals surface area contributed by atoms with Crippen LogP contribution >= 0.6 is 23.4 Å². The lowest BCUT2D eigenvalue weighted by atomic mass is 10.3. The summed E-state index contributed by atoms with van der Waals surface area (Å²) in [5.74, 6) is 0. The predicted octanol–water partition coefficient (Wildman–Crippen LogP) is 4.53. The van der Waals surface area contributed by atoms with Gasteiger partial charge in [-0.05, 0) is 42.5 Å². The first-order chi connectivity index (χ1) is 13.2. The molecule has 0 bridgehead atoms. The van der Waals surface area contributed by atoms with E-state index < -0.39 is 0 Å². The molecule has 0 aliphatic heterocycles. The summed E-state index contributed by atoms with van der Waals surface area (Å²) in [6, 6.07) is 19.6. The van der Waals surface area contributed by atoms with E-state index in [1.807, 2.05) is 77.7 Å². The van der Waals surface area contributed by atoms with Crippen molar-refractivity contribution in [3.05, 3.63) is 78.1 Å². The number of aliphatic hydroxyl groups excluding tert-OH is 1. The van der Waals surface area contributed by atoms with Crippen molar-refractivity contribution in [2.75, 3.05) is 6.61 Å². The van der Waals surface area contributed by atoms with Crippen molar-refractivity contribution in [2.45, 2.75) is 16.3 Å². The molecule has 27 heavy (non-hydrogen) atoms. The summed E-state index contributed by atoms with van der Waals surface area (Å²) in [6.07, 6.45) is 3.86. The molecule has 0 fully saturated rings. The van der Waals surface area contributed by atoms with Gasteiger partial charge in [0.1, 0.15) is 11.4 Å². The maximum Gasteiger partial charge on any atom is 0.127 e. The summed E-state index contributed by atoms with van der Waals surface area (Å²) in [5, 5.41) is 19.1. The van der Waals surface area contributed by atoms with Gasteiger partial charge in [0, 0.05) is 22.3 Å². The lowest BCUT2D eigenvalue weighted by Crippen LogP contribution is -2.02. The van der Waals surface area contributed by atoms with Crippen LogP contribution in [0.4, 0.5) is 0 Å². The van der Waals surface area contributed by atoms with Crippen LogP contribution in [0.3, 0.4) is 0 Å². The molecule has 0 aliphatic carbocycles. The van der Waals surface area contributed by atoms with E-state index in [-0.39, 0.29) is 6.61 Å². The SMILES string of the molecule is OCCn1ccc(-c2nn(-c3ccccc3)cc2Sc2ccc(Cl)cc2)n1. The molecule has 2 heterocycles. The molecule has 0 unspecified atom stereocenters. The van der Waals surface area contributed by atoms with Gasteiger partial charge in [-0.3, -0.25) is 4.68 Å². The molecule has 0 saturated carbocycles. The van der Waals surface area contributed by atoms with Crippen LogP contribution in [-0.4, -0.2) is 31.3 Å². The van der Waals surface area contributed by atoms with Crippen LogP contribution in [0.25, 0.3) is 17.1 Å². The summed E-state index contributed by atoms with van der Waals surface area (Å²) in [5.41, 5.74) is 2.56. The Bertz CT molecular complexity index is 1030. The summed E-state index contributed by atoms with van der Waals surface area (Å²) in [6.45, 7) is 0.505. The van der Waals surface area contributed by atoms with E-state index in [4.69, 9.17) is 21.8 Å². The van der Waals surface area contributed by atoms with Crippen LogP contribution in [0.2, 0.25) is 5.02 Å². The van der Waals surface area contributed by atoms with Gasteiger partial charge in [0.25, 0.3) is 0 Å². The first-order valence-electron chi connectivity index (χ1n) is 8.46. The number of aromatic nitrogens is 4. The summed E-state index contributed by atoms with van der Waals surface area (Å²) >= 11 is 7.61. The second-order valence-electron chi connectivity index (χ2n) is 5.87. The van der Waals surface area contributed by atoms with E-state index in [1.165, 1.54) is 0 Å². The smallest absolute Gasteiger partial charge is 0.127 e. The Labute approximate surface area is 166 Å². The van der Waals surface area contributed by atoms with Crippen molar-refractivity contribution < 1.29 is 5.11 Å². The molecule has 0 saturated heterocycles. The minimum absolute atomic E-state index is 0.0476. The average molecular weight is 397 g/mol. The number of benzene rings is 2. The van der Waals surface area contributed by atoms with Crippen LogP contribution < -0.4 is 0 Å². The molecule has 7 heteroatoms. The Morgan fingerprint density at radius 1 is 0.963 bits per heavy atom. The quantitative estimate of drug-likeness (QED) is 0.520. The Morgan fingerprint density at radius 2 is 1.74 bits per heavy atom. The standard InChI is InChI=1S/C20H17ClN4OS/c21-15-6-8-17(9-7-15)27-19-14-25(16-4-2-1-3-5-16)23-20(19)18-10-11-24(22-18)12-13-26/h1-11,14,26H,12-13H2. The van der Waals surface area contributed by atoms with Gasteiger partial charge in [-0.2, -0.15) is 10.2 Å². The monoisotopic (exact) mass is 396 g/mol. The predicted molar refractivity (Wildman–Crippen MR) is 107 cm³/mol. The van der Waals surface area contributed by atoms with Gasteiger partial charge in [-0.25, -0.2) is 4.68 Å². The Kier molecular flexibility index (Phi) is 5.29. The number of hydrogen-bond acceptors (Lipinski definition) is 4. The zero-order chi connectivity index (χ0) is 18.6. The van der Waals surface area contributed by atoms with Crippen molar-refractivity contribution in [3.8, 4) is 17.1 Å². The van der Waals surface area contributed by atoms with Gasteiger partial charge in [0.15, 0.2) is 0 Å². The molecule has 0 amide bonds. The van der Waals surface area contributed by atoms with Gasteiger partial charge >= 0.3 is 0 Å². The highest BCUT2D eigenvalue weighted by atomic mass is 35.5. The van der Waals surface area contributed by atoms with Crippen molar-refractivity contribution in [2.24, 2.45) is 0 Å². The third-order valence-corrected chi connectivity index (χ3v) is 5.23. The molecular formula is C20H17ClN4OS. The molecule has 2 aromatic heterocycles. The lowest BCUT2D eigenvalue weighted by Gasteiger charge is -2.01. The average Bonchev–Trinajstić information content (AvgIpc) is 3.32. The number of rotatable bonds is 6. The molecule has 0 spiro atoms. The van der Waals surface area contributed by atoms with Gasteiger partial charge in [-0.15, -0.1) is 0 Å². The van der Waals surface area contributed by atoms with Crippen molar-refractivity contribution >= 4 is 23.4 Å². The number of halogens is 1. The van der Waals surface area contributed by atoms with Crippen molar-refractivity contribution in [3.63, 3.8) is 0 Å². The van der Waals surface area contributed by atoms with Gasteiger partial charge in [0.2, 0.25) is 0 Å². The topological polar surface area (TPSA) is 55.9 Å². The van der Waals surface area contributed by atoms with E-state index in [9.17, 15) is 0 Å². The Balaban J connectivity index is 1.74. The van der Waals surface area contributed by atoms with E-state index >= 15 is 0 Å². The molecule has 4 aromatic rings. The van der Waals surface area contributed by atoms with Crippen molar-refractivity contribution in [1.29, 1.82) is 0 Å². The Morgan fingerprint density at radius 3 is 2.48 bits per heavy atom. The number of hydrogen-bond donors (Lipinski definition) is 1. The van der Waals surface area contributed by atoms with Crippen LogP contribution in [0.5, 0.6) is 0 Å². The fraction of sp³-hybridized carbons (Fsp3) is 0.100. The van der Waals surface area contributed by atoms with Crippen LogP contribution in [0.15, 0.2) is 82.8 Å². The summed E-state index contributed by atoms with van der Waals surface area (Å²) < 4.78 is 3.58. The second kappa shape index (κ2) is 8.00. The summed E-state index contributed by atoms with van der Waals surface area (Å²) in [4.78, 5) is 2.07. The van der Waals surface area contributed by atoms with E-state index in [0.29, 0.717) is 11.6 Å². The van der Waals surface area contributed by atoms with Crippen LogP contribution in [0.1, 0.15) is 0 Å². The molecule has 2 aromatic carbocycles. The van der Waals surface area contributed by atoms with E-state index in [1.54, 1.807) is 16.4 Å². The van der Waals surface area contributed by atoms with Crippen molar-refractivity contribution in [1.82, 2.24) is 19.6 Å². The molecule has 0 atom stereocenters. The van der Waals surface area contributed by atoms with E-state index in [2.05, 4.69) is 5.10 Å². The fourth-order valence-electron chi connectivity index (χ4n) is 2.67. The third kappa shape index (κ3) is 4.08. The minimum Gasteiger partial charge on any atom is -0.394 e. The maximum atomic E-state index is 9.13. The zero-order valence-corrected chi connectivity index (χ0v) is 15.9. The summed E-state index contributed by atoms with van der Waals surface area (Å²) in [7, 11) is 0. The molecule has 0 radical (unpaired) electrons. The number of para-hydroxylation sites is 1. The minimum atomic E-state index is 0.0476. The molecule has 4 rings (SSSR count). The number of aliphatic hydroxyl groups is 1. The zero-order valence-electron chi connectivity index (χ0n) is 14.4. The fourth-order valence-corrected chi connectivity index (χ4v) is 3.71. The largest absolute Gasteiger partial charge is 0.394 e. The molecule has 5 nitrogen and oxygen atoms in total. The van der Waals surface area contributed by atoms with Crippen LogP contribution in [0, 0.1) is 0 Å². The second-order valence-corrected chi connectivity index (χ2v) is 7.42. The molecular weight excluding hydrogens is 380 g/mol. The highest BCUT2D eigenvalue weighted by molar-refractivity contribution is 7.99. The Hall–Kier alpha value is -2.54. The van der Waals surface area contributed by atoms with Gasteiger partial charge < -0.3 is 5.11 Å². The first kappa shape index (κ1) is 17.9.